The van der Waals surface area contributed by atoms with E-state index in [1.807, 2.05) is 0 Å². The van der Waals surface area contributed by atoms with Gasteiger partial charge in [0.05, 0.1) is 12.5 Å². The summed E-state index contributed by atoms with van der Waals surface area (Å²) in [5, 5.41) is 43.8. The van der Waals surface area contributed by atoms with Gasteiger partial charge in [-0.1, -0.05) is 66.7 Å². The van der Waals surface area contributed by atoms with Gasteiger partial charge in [-0.25, -0.2) is 0 Å². The number of carboxylic acid groups (broad SMARTS) is 2. The third kappa shape index (κ3) is 16.5. The van der Waals surface area contributed by atoms with Crippen LogP contribution in [-0.2, 0) is 62.4 Å². The first kappa shape index (κ1) is 52.2. The smallest absolute Gasteiger partial charge is 0.322 e. The van der Waals surface area contributed by atoms with Crippen molar-refractivity contribution in [3.05, 3.63) is 126 Å². The molecule has 0 unspecified atom stereocenters. The van der Waals surface area contributed by atoms with Crippen LogP contribution < -0.4 is 48.1 Å². The number of hydrogen-bond acceptors (Lipinski definition) is 12. The summed E-state index contributed by atoms with van der Waals surface area (Å²) in [4.78, 5) is 120. The number of fused-ring (bicyclic) bond motifs is 1. The van der Waals surface area contributed by atoms with Crippen LogP contribution in [-0.4, -0.2) is 117 Å². The van der Waals surface area contributed by atoms with Crippen molar-refractivity contribution in [2.24, 2.45) is 11.5 Å². The molecule has 5 rings (SSSR count). The van der Waals surface area contributed by atoms with Crippen LogP contribution in [0.4, 0.5) is 5.69 Å². The molecule has 0 aliphatic carbocycles. The predicted molar refractivity (Wildman–Crippen MR) is 252 cm³/mol. The van der Waals surface area contributed by atoms with Gasteiger partial charge in [0.2, 0.25) is 35.4 Å². The number of hydrogen-bond donors (Lipinski definition) is 12. The van der Waals surface area contributed by atoms with Crippen LogP contribution in [0.25, 0.3) is 10.9 Å². The lowest BCUT2D eigenvalue weighted by molar-refractivity contribution is -0.142. The molecule has 0 aliphatic rings. The molecule has 70 heavy (non-hydrogen) atoms. The van der Waals surface area contributed by atoms with Crippen molar-refractivity contribution in [1.29, 1.82) is 0 Å². The first-order valence-electron chi connectivity index (χ1n) is 21.8. The number of benzene rings is 4. The molecule has 4 aromatic carbocycles. The zero-order chi connectivity index (χ0) is 50.7. The monoisotopic (exact) mass is 963 g/mol. The summed E-state index contributed by atoms with van der Waals surface area (Å²) in [5.74, 6) is -8.90. The normalized spacial score (nSPS) is 13.0. The molecular formula is C48H53N9O13. The van der Waals surface area contributed by atoms with Crippen molar-refractivity contribution in [1.82, 2.24) is 31.6 Å². The van der Waals surface area contributed by atoms with Crippen LogP contribution in [0.3, 0.4) is 0 Å². The number of aromatic hydroxyl groups is 1. The van der Waals surface area contributed by atoms with Gasteiger partial charge in [0.25, 0.3) is 5.91 Å². The first-order chi connectivity index (χ1) is 33.4. The third-order valence-corrected chi connectivity index (χ3v) is 10.6. The Kier molecular flexibility index (Phi) is 18.9. The average molecular weight is 964 g/mol. The van der Waals surface area contributed by atoms with E-state index in [1.165, 1.54) is 24.3 Å². The number of para-hydroxylation sites is 1. The number of amides is 7. The molecule has 0 radical (unpaired) electrons. The lowest BCUT2D eigenvalue weighted by atomic mass is 10.0. The number of phenolic OH excluding ortho intramolecular Hbond substituents is 1. The second-order valence-electron chi connectivity index (χ2n) is 16.1. The number of aromatic amines is 1. The molecule has 0 fully saturated rings. The maximum absolute atomic E-state index is 14.2. The Balaban J connectivity index is 1.31. The number of carbonyl (C=O) groups is 9. The second-order valence-corrected chi connectivity index (χ2v) is 16.1. The van der Waals surface area contributed by atoms with Gasteiger partial charge in [0.1, 0.15) is 42.2 Å². The highest BCUT2D eigenvalue weighted by Crippen LogP contribution is 2.21. The molecule has 5 atom stereocenters. The van der Waals surface area contributed by atoms with Crippen molar-refractivity contribution in [3.63, 3.8) is 0 Å². The number of rotatable bonds is 26. The molecule has 1 aromatic heterocycles. The number of H-pyrrole nitrogens is 1. The zero-order valence-corrected chi connectivity index (χ0v) is 37.5. The number of nitrogens with two attached hydrogens (primary N) is 2. The van der Waals surface area contributed by atoms with E-state index in [9.17, 15) is 53.4 Å². The van der Waals surface area contributed by atoms with Crippen molar-refractivity contribution in [2.45, 2.75) is 68.7 Å². The van der Waals surface area contributed by atoms with Crippen molar-refractivity contribution >= 4 is 69.9 Å². The van der Waals surface area contributed by atoms with Crippen molar-refractivity contribution in [2.75, 3.05) is 18.5 Å². The SMILES string of the molecule is NC(=O)CC[C@H](NC(=O)COc1cccc(NC(=O)[C@@H](N)Cc2ccc(O)cc2)c1)C(=O)N[C@@H](Cc1c[nH]c2ccccc12)C(=O)N[C@@H](CC(=O)O)C(=O)N[C@@H](Cc1ccccc1)C(=O)NCC(=O)O. The molecule has 0 saturated heterocycles. The van der Waals surface area contributed by atoms with Crippen LogP contribution in [0.2, 0.25) is 0 Å². The maximum Gasteiger partial charge on any atom is 0.322 e. The molecule has 14 N–H and O–H groups in total. The van der Waals surface area contributed by atoms with Gasteiger partial charge in [-0.3, -0.25) is 43.2 Å². The van der Waals surface area contributed by atoms with Gasteiger partial charge >= 0.3 is 11.9 Å². The molecule has 0 bridgehead atoms. The van der Waals surface area contributed by atoms with Crippen LogP contribution in [0.15, 0.2) is 109 Å². The summed E-state index contributed by atoms with van der Waals surface area (Å²) in [6.45, 7) is -1.45. The zero-order valence-electron chi connectivity index (χ0n) is 37.5. The van der Waals surface area contributed by atoms with E-state index in [0.717, 1.165) is 5.56 Å². The lowest BCUT2D eigenvalue weighted by Crippen LogP contribution is -2.59. The van der Waals surface area contributed by atoms with Crippen LogP contribution in [0.1, 0.15) is 36.0 Å². The number of ether oxygens (including phenoxy) is 1. The minimum Gasteiger partial charge on any atom is -0.508 e. The Hall–Kier alpha value is -8.79. The number of primary amides is 1. The van der Waals surface area contributed by atoms with Gasteiger partial charge in [-0.15, -0.1) is 0 Å². The Labute approximate surface area is 399 Å². The number of carboxylic acids is 2. The number of phenols is 1. The van der Waals surface area contributed by atoms with E-state index in [0.29, 0.717) is 27.7 Å². The van der Waals surface area contributed by atoms with E-state index in [1.54, 1.807) is 85.1 Å². The number of carbonyl (C=O) groups excluding carboxylic acids is 7. The standard InChI is InChI=1S/C48H53N9O13/c49-34(19-28-13-15-31(58)16-14-28)44(65)53-30-9-6-10-32(22-30)70-26-41(60)54-36(17-18-40(50)59)46(67)56-38(21-29-24-51-35-12-5-4-11-33(29)35)47(68)57-39(23-42(61)62)48(69)55-37(45(66)52-25-43(63)64)20-27-7-2-1-3-8-27/h1-16,22,24,34,36-39,51,58H,17-21,23,25-26,49H2,(H2,50,59)(H,52,66)(H,53,65)(H,54,60)(H,55,69)(H,56,67)(H,57,68)(H,61,62)(H,63,64)/t34-,36-,37-,38-,39-/m0/s1. The molecule has 1 heterocycles. The van der Waals surface area contributed by atoms with E-state index in [4.69, 9.17) is 21.3 Å². The molecule has 22 nitrogen and oxygen atoms in total. The Morgan fingerprint density at radius 3 is 1.94 bits per heavy atom. The summed E-state index contributed by atoms with van der Waals surface area (Å²) in [6.07, 6.45) is -0.333. The molecule has 368 valence electrons. The van der Waals surface area contributed by atoms with Gasteiger partial charge in [-0.05, 0) is 59.9 Å². The largest absolute Gasteiger partial charge is 0.508 e. The molecular weight excluding hydrogens is 911 g/mol. The van der Waals surface area contributed by atoms with E-state index in [-0.39, 0.29) is 43.6 Å². The highest BCUT2D eigenvalue weighted by molar-refractivity contribution is 5.98. The Morgan fingerprint density at radius 1 is 0.629 bits per heavy atom. The number of aromatic nitrogens is 1. The van der Waals surface area contributed by atoms with Crippen LogP contribution in [0, 0.1) is 0 Å². The summed E-state index contributed by atoms with van der Waals surface area (Å²) in [6, 6.07) is 20.3. The number of aliphatic carboxylic acids is 2. The van der Waals surface area contributed by atoms with Gasteiger partial charge in [0.15, 0.2) is 6.61 Å². The Morgan fingerprint density at radius 2 is 1.26 bits per heavy atom. The minimum atomic E-state index is -1.84. The first-order valence-corrected chi connectivity index (χ1v) is 21.8. The summed E-state index contributed by atoms with van der Waals surface area (Å²) < 4.78 is 5.64. The van der Waals surface area contributed by atoms with Gasteiger partial charge in [-0.2, -0.15) is 0 Å². The van der Waals surface area contributed by atoms with Crippen molar-refractivity contribution < 1.29 is 63.2 Å². The topological polar surface area (TPSA) is 364 Å². The summed E-state index contributed by atoms with van der Waals surface area (Å²) in [5.41, 5.74) is 14.2. The van der Waals surface area contributed by atoms with E-state index < -0.39 is 103 Å². The molecule has 0 saturated carbocycles. The minimum absolute atomic E-state index is 0.0652. The summed E-state index contributed by atoms with van der Waals surface area (Å²) in [7, 11) is 0. The molecule has 0 aliphatic heterocycles. The number of anilines is 1. The van der Waals surface area contributed by atoms with Crippen LogP contribution >= 0.6 is 0 Å². The van der Waals surface area contributed by atoms with Crippen molar-refractivity contribution in [3.8, 4) is 11.5 Å². The fourth-order valence-electron chi connectivity index (χ4n) is 7.09. The molecule has 7 amide bonds. The predicted octanol–water partition coefficient (Wildman–Crippen LogP) is 0.126. The lowest BCUT2D eigenvalue weighted by Gasteiger charge is -2.26. The quantitative estimate of drug-likeness (QED) is 0.0351. The van der Waals surface area contributed by atoms with Crippen LogP contribution in [0.5, 0.6) is 11.5 Å². The highest BCUT2D eigenvalue weighted by atomic mass is 16.5. The second kappa shape index (κ2) is 25.4. The number of nitrogens with one attached hydrogen (secondary N) is 7. The average Bonchev–Trinajstić information content (AvgIpc) is 3.74. The van der Waals surface area contributed by atoms with E-state index in [2.05, 4.69) is 36.9 Å². The molecule has 5 aromatic rings. The van der Waals surface area contributed by atoms with E-state index >= 15 is 0 Å². The Bertz CT molecular complexity index is 2680. The maximum atomic E-state index is 14.2. The fourth-order valence-corrected chi connectivity index (χ4v) is 7.09. The molecule has 22 heteroatoms. The fraction of sp³-hybridized carbons (Fsp3) is 0.271. The third-order valence-electron chi connectivity index (χ3n) is 10.6. The highest BCUT2D eigenvalue weighted by Gasteiger charge is 2.33. The summed E-state index contributed by atoms with van der Waals surface area (Å²) >= 11 is 0. The molecule has 0 spiro atoms. The van der Waals surface area contributed by atoms with Gasteiger partial charge < -0.3 is 68.4 Å². The van der Waals surface area contributed by atoms with Gasteiger partial charge in [0, 0.05) is 48.1 Å².